The van der Waals surface area contributed by atoms with E-state index < -0.39 is 0 Å². The Balaban J connectivity index is 1.66. The Morgan fingerprint density at radius 1 is 1.40 bits per heavy atom. The van der Waals surface area contributed by atoms with Crippen LogP contribution < -0.4 is 10.2 Å². The molecule has 1 amide bonds. The van der Waals surface area contributed by atoms with Gasteiger partial charge in [0, 0.05) is 25.6 Å². The highest BCUT2D eigenvalue weighted by atomic mass is 16.1. The third-order valence-corrected chi connectivity index (χ3v) is 3.69. The molecule has 1 aliphatic heterocycles. The van der Waals surface area contributed by atoms with E-state index in [0.717, 1.165) is 37.4 Å². The summed E-state index contributed by atoms with van der Waals surface area (Å²) >= 11 is 0. The van der Waals surface area contributed by atoms with Gasteiger partial charge in [0.25, 0.3) is 0 Å². The number of piperidine rings is 1. The number of nitrogens with one attached hydrogen (secondary N) is 1. The van der Waals surface area contributed by atoms with Gasteiger partial charge in [-0.05, 0) is 31.9 Å². The minimum absolute atomic E-state index is 0.129. The van der Waals surface area contributed by atoms with Gasteiger partial charge in [-0.25, -0.2) is 0 Å². The zero-order valence-electron chi connectivity index (χ0n) is 11.5. The number of carbonyl (C=O) groups excluding carboxylic acids is 1. The number of amides is 1. The quantitative estimate of drug-likeness (QED) is 0.881. The largest absolute Gasteiger partial charge is 0.356 e. The Morgan fingerprint density at radius 2 is 2.20 bits per heavy atom. The Kier molecular flexibility index (Phi) is 3.49. The van der Waals surface area contributed by atoms with Crippen LogP contribution in [0.2, 0.25) is 0 Å². The van der Waals surface area contributed by atoms with E-state index in [2.05, 4.69) is 25.5 Å². The first-order chi connectivity index (χ1) is 9.78. The molecule has 1 aliphatic rings. The van der Waals surface area contributed by atoms with E-state index in [9.17, 15) is 4.79 Å². The first kappa shape index (κ1) is 12.8. The summed E-state index contributed by atoms with van der Waals surface area (Å²) in [6.07, 6.45) is 3.34. The maximum Gasteiger partial charge on any atom is 0.223 e. The predicted octanol–water partition coefficient (Wildman–Crippen LogP) is 0.477. The molecule has 2 aromatic rings. The van der Waals surface area contributed by atoms with Crippen molar-refractivity contribution in [2.45, 2.75) is 19.8 Å². The molecule has 1 N–H and O–H groups in total. The first-order valence-corrected chi connectivity index (χ1v) is 6.97. The van der Waals surface area contributed by atoms with Gasteiger partial charge in [-0.15, -0.1) is 15.3 Å². The van der Waals surface area contributed by atoms with Crippen molar-refractivity contribution in [2.75, 3.05) is 24.5 Å². The van der Waals surface area contributed by atoms with Crippen molar-refractivity contribution in [3.63, 3.8) is 0 Å². The summed E-state index contributed by atoms with van der Waals surface area (Å²) < 4.78 is 1.67. The lowest BCUT2D eigenvalue weighted by atomic mass is 9.96. The van der Waals surface area contributed by atoms with Gasteiger partial charge in [0.2, 0.25) is 5.91 Å². The van der Waals surface area contributed by atoms with Gasteiger partial charge in [0.15, 0.2) is 5.65 Å². The first-order valence-electron chi connectivity index (χ1n) is 6.97. The second kappa shape index (κ2) is 5.44. The zero-order valence-corrected chi connectivity index (χ0v) is 11.5. The van der Waals surface area contributed by atoms with Gasteiger partial charge < -0.3 is 10.2 Å². The Morgan fingerprint density at radius 3 is 2.95 bits per heavy atom. The van der Waals surface area contributed by atoms with Crippen molar-refractivity contribution in [3.8, 4) is 0 Å². The minimum Gasteiger partial charge on any atom is -0.356 e. The highest BCUT2D eigenvalue weighted by Crippen LogP contribution is 2.21. The van der Waals surface area contributed by atoms with Gasteiger partial charge in [-0.3, -0.25) is 4.79 Å². The molecular weight excluding hydrogens is 256 g/mol. The van der Waals surface area contributed by atoms with E-state index in [0.29, 0.717) is 6.54 Å². The second-order valence-electron chi connectivity index (χ2n) is 4.98. The lowest BCUT2D eigenvalue weighted by molar-refractivity contribution is -0.125. The van der Waals surface area contributed by atoms with Crippen LogP contribution in [0.25, 0.3) is 5.65 Å². The third kappa shape index (κ3) is 2.43. The van der Waals surface area contributed by atoms with E-state index in [1.807, 2.05) is 19.1 Å². The fourth-order valence-corrected chi connectivity index (χ4v) is 2.58. The molecule has 2 aromatic heterocycles. The minimum atomic E-state index is 0.129. The summed E-state index contributed by atoms with van der Waals surface area (Å²) in [7, 11) is 0. The van der Waals surface area contributed by atoms with Crippen molar-refractivity contribution in [1.29, 1.82) is 0 Å². The molecule has 3 rings (SSSR count). The molecule has 0 bridgehead atoms. The molecule has 7 heteroatoms. The van der Waals surface area contributed by atoms with Crippen LogP contribution in [0.1, 0.15) is 19.8 Å². The van der Waals surface area contributed by atoms with Crippen molar-refractivity contribution >= 4 is 17.4 Å². The highest BCUT2D eigenvalue weighted by molar-refractivity contribution is 5.78. The van der Waals surface area contributed by atoms with E-state index in [4.69, 9.17) is 0 Å². The summed E-state index contributed by atoms with van der Waals surface area (Å²) in [5, 5.41) is 15.1. The molecule has 1 fully saturated rings. The molecule has 20 heavy (non-hydrogen) atoms. The molecular formula is C13H18N6O. The van der Waals surface area contributed by atoms with Crippen molar-refractivity contribution in [1.82, 2.24) is 25.1 Å². The molecule has 0 saturated carbocycles. The van der Waals surface area contributed by atoms with Gasteiger partial charge in [0.05, 0.1) is 0 Å². The molecule has 7 nitrogen and oxygen atoms in total. The maximum absolute atomic E-state index is 11.8. The standard InChI is InChI=1S/C13H18N6O/c1-2-14-13(20)10-5-7-18(8-6-10)12-4-3-11-16-15-9-19(11)17-12/h3-4,9-10H,2,5-8H2,1H3,(H,14,20). The number of fused-ring (bicyclic) bond motifs is 1. The maximum atomic E-state index is 11.8. The summed E-state index contributed by atoms with van der Waals surface area (Å²) in [5.41, 5.74) is 0.742. The van der Waals surface area contributed by atoms with Crippen LogP contribution in [0.15, 0.2) is 18.5 Å². The van der Waals surface area contributed by atoms with Crippen LogP contribution >= 0.6 is 0 Å². The molecule has 0 spiro atoms. The average Bonchev–Trinajstić information content (AvgIpc) is 2.95. The predicted molar refractivity (Wildman–Crippen MR) is 74.4 cm³/mol. The molecule has 106 valence electrons. The number of carbonyl (C=O) groups is 1. The van der Waals surface area contributed by atoms with E-state index in [1.54, 1.807) is 10.8 Å². The molecule has 0 atom stereocenters. The molecule has 1 saturated heterocycles. The van der Waals surface area contributed by atoms with Crippen LogP contribution in [-0.4, -0.2) is 45.4 Å². The monoisotopic (exact) mass is 274 g/mol. The number of nitrogens with zero attached hydrogens (tertiary/aromatic N) is 5. The van der Waals surface area contributed by atoms with Crippen LogP contribution in [-0.2, 0) is 4.79 Å². The van der Waals surface area contributed by atoms with E-state index in [-0.39, 0.29) is 11.8 Å². The van der Waals surface area contributed by atoms with Gasteiger partial charge in [0.1, 0.15) is 12.1 Å². The van der Waals surface area contributed by atoms with Crippen LogP contribution in [0.4, 0.5) is 5.82 Å². The topological polar surface area (TPSA) is 75.4 Å². The molecule has 0 unspecified atom stereocenters. The molecule has 3 heterocycles. The lowest BCUT2D eigenvalue weighted by Crippen LogP contribution is -2.40. The molecule has 0 radical (unpaired) electrons. The van der Waals surface area contributed by atoms with Crippen molar-refractivity contribution < 1.29 is 4.79 Å². The number of hydrogen-bond donors (Lipinski definition) is 1. The average molecular weight is 274 g/mol. The SMILES string of the molecule is CCNC(=O)C1CCN(c2ccc3nncn3n2)CC1. The van der Waals surface area contributed by atoms with Crippen LogP contribution in [0, 0.1) is 5.92 Å². The summed E-state index contributed by atoms with van der Waals surface area (Å²) in [6.45, 7) is 4.35. The van der Waals surface area contributed by atoms with Gasteiger partial charge in [-0.2, -0.15) is 4.52 Å². The molecule has 0 aliphatic carbocycles. The number of rotatable bonds is 3. The van der Waals surface area contributed by atoms with Crippen LogP contribution in [0.5, 0.6) is 0 Å². The van der Waals surface area contributed by atoms with Crippen molar-refractivity contribution in [3.05, 3.63) is 18.5 Å². The molecule has 0 aromatic carbocycles. The lowest BCUT2D eigenvalue weighted by Gasteiger charge is -2.31. The summed E-state index contributed by atoms with van der Waals surface area (Å²) in [6, 6.07) is 3.86. The number of anilines is 1. The van der Waals surface area contributed by atoms with Gasteiger partial charge >= 0.3 is 0 Å². The highest BCUT2D eigenvalue weighted by Gasteiger charge is 2.25. The fraction of sp³-hybridized carbons (Fsp3) is 0.538. The Bertz CT molecular complexity index is 602. The number of aromatic nitrogens is 4. The number of hydrogen-bond acceptors (Lipinski definition) is 5. The summed E-state index contributed by atoms with van der Waals surface area (Å²) in [5.74, 6) is 1.21. The van der Waals surface area contributed by atoms with E-state index in [1.165, 1.54) is 0 Å². The zero-order chi connectivity index (χ0) is 13.9. The van der Waals surface area contributed by atoms with Gasteiger partial charge in [-0.1, -0.05) is 0 Å². The van der Waals surface area contributed by atoms with Crippen molar-refractivity contribution in [2.24, 2.45) is 5.92 Å². The Labute approximate surface area is 117 Å². The second-order valence-corrected chi connectivity index (χ2v) is 4.98. The normalized spacial score (nSPS) is 16.6. The smallest absolute Gasteiger partial charge is 0.223 e. The van der Waals surface area contributed by atoms with Crippen LogP contribution in [0.3, 0.4) is 0 Å². The Hall–Kier alpha value is -2.18. The summed E-state index contributed by atoms with van der Waals surface area (Å²) in [4.78, 5) is 14.0. The third-order valence-electron chi connectivity index (χ3n) is 3.69. The fourth-order valence-electron chi connectivity index (χ4n) is 2.58. The van der Waals surface area contributed by atoms with E-state index >= 15 is 0 Å².